The van der Waals surface area contributed by atoms with Gasteiger partial charge >= 0.3 is 0 Å². The van der Waals surface area contributed by atoms with E-state index in [4.69, 9.17) is 20.3 Å². The van der Waals surface area contributed by atoms with Crippen molar-refractivity contribution in [1.82, 2.24) is 10.3 Å². The third-order valence-electron chi connectivity index (χ3n) is 2.67. The Labute approximate surface area is 113 Å². The highest BCUT2D eigenvalue weighted by Gasteiger charge is 2.14. The minimum absolute atomic E-state index is 0.300. The van der Waals surface area contributed by atoms with Crippen LogP contribution in [0.4, 0.5) is 0 Å². The summed E-state index contributed by atoms with van der Waals surface area (Å²) in [6.07, 6.45) is 4.10. The van der Waals surface area contributed by atoms with Gasteiger partial charge in [0.25, 0.3) is 0 Å². The monoisotopic (exact) mass is 269 g/mol. The molecule has 1 aromatic heterocycles. The molecule has 1 fully saturated rings. The first-order valence-corrected chi connectivity index (χ1v) is 6.49. The fraction of sp³-hybridized carbons (Fsp3) is 0.615. The van der Waals surface area contributed by atoms with Crippen LogP contribution in [0.25, 0.3) is 0 Å². The maximum Gasteiger partial charge on any atom is 0.213 e. The largest absolute Gasteiger partial charge is 0.489 e. The van der Waals surface area contributed by atoms with Gasteiger partial charge in [-0.15, -0.1) is 0 Å². The molecule has 0 spiro atoms. The summed E-state index contributed by atoms with van der Waals surface area (Å²) >= 11 is 0. The van der Waals surface area contributed by atoms with Crippen LogP contribution in [-0.2, 0) is 0 Å². The normalized spacial score (nSPS) is 15.3. The zero-order chi connectivity index (χ0) is 13.9. The van der Waals surface area contributed by atoms with E-state index in [1.165, 1.54) is 0 Å². The van der Waals surface area contributed by atoms with E-state index >= 15 is 0 Å². The second kappa shape index (κ2) is 9.55. The Balaban J connectivity index is 0.000000861. The number of nitrogens with two attached hydrogens (primary N) is 1. The quantitative estimate of drug-likeness (QED) is 0.705. The molecule has 0 saturated carbocycles. The summed E-state index contributed by atoms with van der Waals surface area (Å²) in [5.41, 5.74) is 5.35. The Morgan fingerprint density at radius 1 is 1.37 bits per heavy atom. The summed E-state index contributed by atoms with van der Waals surface area (Å²) < 4.78 is 11.1. The lowest BCUT2D eigenvalue weighted by atomic mass is 10.1. The van der Waals surface area contributed by atoms with Crippen LogP contribution < -0.4 is 20.5 Å². The number of aliphatic hydroxyl groups is 1. The number of aliphatic hydroxyl groups excluding tert-OH is 1. The van der Waals surface area contributed by atoms with E-state index in [2.05, 4.69) is 10.3 Å². The summed E-state index contributed by atoms with van der Waals surface area (Å²) in [4.78, 5) is 4.16. The molecule has 108 valence electrons. The van der Waals surface area contributed by atoms with Crippen LogP contribution in [0.5, 0.6) is 11.6 Å². The number of ether oxygens (including phenoxy) is 2. The Kier molecular flexibility index (Phi) is 7.88. The van der Waals surface area contributed by atoms with Gasteiger partial charge in [-0.25, -0.2) is 4.98 Å². The van der Waals surface area contributed by atoms with Gasteiger partial charge in [0.15, 0.2) is 0 Å². The molecular weight excluding hydrogens is 246 g/mol. The molecule has 0 aromatic carbocycles. The maximum absolute atomic E-state index is 7.00. The second-order valence-corrected chi connectivity index (χ2v) is 4.04. The molecule has 6 heteroatoms. The number of piperidine rings is 1. The highest BCUT2D eigenvalue weighted by atomic mass is 16.5. The van der Waals surface area contributed by atoms with Crippen molar-refractivity contribution < 1.29 is 14.6 Å². The molecule has 4 N–H and O–H groups in total. The standard InChI is InChI=1S/C12H19N3O2.CH4O/c13-5-8-16-12-2-1-11(9-15-12)17-10-3-6-14-7-4-10;1-2/h1-2,9-10,14H,3-8,13H2;2H,1H3. The van der Waals surface area contributed by atoms with Gasteiger partial charge in [-0.2, -0.15) is 0 Å². The van der Waals surface area contributed by atoms with Crippen molar-refractivity contribution in [3.05, 3.63) is 18.3 Å². The van der Waals surface area contributed by atoms with Crippen LogP contribution in [0.3, 0.4) is 0 Å². The minimum atomic E-state index is 0.300. The van der Waals surface area contributed by atoms with Gasteiger partial charge in [-0.3, -0.25) is 0 Å². The van der Waals surface area contributed by atoms with Crippen LogP contribution in [-0.4, -0.2) is 49.5 Å². The third kappa shape index (κ3) is 5.87. The molecule has 1 aliphatic rings. The van der Waals surface area contributed by atoms with E-state index in [1.54, 1.807) is 6.20 Å². The summed E-state index contributed by atoms with van der Waals surface area (Å²) in [5, 5.41) is 10.3. The molecular formula is C13H23N3O3. The zero-order valence-electron chi connectivity index (χ0n) is 11.3. The zero-order valence-corrected chi connectivity index (χ0v) is 11.3. The van der Waals surface area contributed by atoms with Crippen LogP contribution in [0.1, 0.15) is 12.8 Å². The molecule has 0 unspecified atom stereocenters. The molecule has 1 aliphatic heterocycles. The molecule has 6 nitrogen and oxygen atoms in total. The lowest BCUT2D eigenvalue weighted by Crippen LogP contribution is -2.34. The van der Waals surface area contributed by atoms with E-state index in [0.29, 0.717) is 25.1 Å². The summed E-state index contributed by atoms with van der Waals surface area (Å²) in [6, 6.07) is 3.70. The van der Waals surface area contributed by atoms with Gasteiger partial charge in [0.05, 0.1) is 6.20 Å². The highest BCUT2D eigenvalue weighted by molar-refractivity contribution is 5.23. The molecule has 0 bridgehead atoms. The van der Waals surface area contributed by atoms with Crippen molar-refractivity contribution in [2.75, 3.05) is 33.4 Å². The Morgan fingerprint density at radius 3 is 2.68 bits per heavy atom. The van der Waals surface area contributed by atoms with E-state index in [1.807, 2.05) is 12.1 Å². The van der Waals surface area contributed by atoms with E-state index in [-0.39, 0.29) is 0 Å². The van der Waals surface area contributed by atoms with Crippen LogP contribution >= 0.6 is 0 Å². The fourth-order valence-corrected chi connectivity index (χ4v) is 1.79. The molecule has 0 atom stereocenters. The van der Waals surface area contributed by atoms with E-state index in [0.717, 1.165) is 38.8 Å². The molecule has 2 heterocycles. The van der Waals surface area contributed by atoms with Crippen molar-refractivity contribution in [2.24, 2.45) is 5.73 Å². The average molecular weight is 269 g/mol. The van der Waals surface area contributed by atoms with Gasteiger partial charge < -0.3 is 25.6 Å². The van der Waals surface area contributed by atoms with Gasteiger partial charge in [-0.1, -0.05) is 0 Å². The summed E-state index contributed by atoms with van der Waals surface area (Å²) in [5.74, 6) is 1.39. The van der Waals surface area contributed by atoms with Crippen LogP contribution in [0, 0.1) is 0 Å². The van der Waals surface area contributed by atoms with Gasteiger partial charge in [0.1, 0.15) is 18.5 Å². The Hall–Kier alpha value is -1.37. The molecule has 1 aromatic rings. The molecule has 2 rings (SSSR count). The van der Waals surface area contributed by atoms with Gasteiger partial charge in [0, 0.05) is 19.7 Å². The van der Waals surface area contributed by atoms with Gasteiger partial charge in [-0.05, 0) is 32.0 Å². The molecule has 0 radical (unpaired) electrons. The SMILES string of the molecule is CO.NCCOc1ccc(OC2CCNCC2)cn1. The molecule has 1 saturated heterocycles. The lowest BCUT2D eigenvalue weighted by Gasteiger charge is -2.23. The second-order valence-electron chi connectivity index (χ2n) is 4.04. The molecule has 0 amide bonds. The smallest absolute Gasteiger partial charge is 0.213 e. The predicted octanol–water partition coefficient (Wildman–Crippen LogP) is 0.158. The number of aromatic nitrogens is 1. The predicted molar refractivity (Wildman–Crippen MR) is 73.4 cm³/mol. The third-order valence-corrected chi connectivity index (χ3v) is 2.67. The van der Waals surface area contributed by atoms with Crippen LogP contribution in [0.15, 0.2) is 18.3 Å². The minimum Gasteiger partial charge on any atom is -0.489 e. The average Bonchev–Trinajstić information content (AvgIpc) is 2.50. The van der Waals surface area contributed by atoms with Crippen molar-refractivity contribution in [3.63, 3.8) is 0 Å². The topological polar surface area (TPSA) is 89.6 Å². The number of pyridine rings is 1. The number of nitrogens with one attached hydrogen (secondary N) is 1. The van der Waals surface area contributed by atoms with Crippen molar-refractivity contribution in [1.29, 1.82) is 0 Å². The summed E-state index contributed by atoms with van der Waals surface area (Å²) in [7, 11) is 1.00. The molecule has 19 heavy (non-hydrogen) atoms. The maximum atomic E-state index is 7.00. The van der Waals surface area contributed by atoms with E-state index < -0.39 is 0 Å². The lowest BCUT2D eigenvalue weighted by molar-refractivity contribution is 0.161. The number of hydrogen-bond donors (Lipinski definition) is 3. The number of nitrogens with zero attached hydrogens (tertiary/aromatic N) is 1. The first kappa shape index (κ1) is 15.7. The Morgan fingerprint density at radius 2 is 2.11 bits per heavy atom. The summed E-state index contributed by atoms with van der Waals surface area (Å²) in [6.45, 7) is 3.03. The number of hydrogen-bond acceptors (Lipinski definition) is 6. The highest BCUT2D eigenvalue weighted by Crippen LogP contribution is 2.17. The van der Waals surface area contributed by atoms with Crippen molar-refractivity contribution in [2.45, 2.75) is 18.9 Å². The van der Waals surface area contributed by atoms with Gasteiger partial charge in [0.2, 0.25) is 5.88 Å². The fourth-order valence-electron chi connectivity index (χ4n) is 1.79. The van der Waals surface area contributed by atoms with Crippen molar-refractivity contribution >= 4 is 0 Å². The first-order valence-electron chi connectivity index (χ1n) is 6.49. The molecule has 0 aliphatic carbocycles. The first-order chi connectivity index (χ1) is 9.38. The van der Waals surface area contributed by atoms with Crippen LogP contribution in [0.2, 0.25) is 0 Å². The van der Waals surface area contributed by atoms with Crippen molar-refractivity contribution in [3.8, 4) is 11.6 Å². The number of rotatable bonds is 5. The Bertz CT molecular complexity index is 326. The van der Waals surface area contributed by atoms with E-state index in [9.17, 15) is 0 Å².